The van der Waals surface area contributed by atoms with E-state index in [1.54, 1.807) is 0 Å². The van der Waals surface area contributed by atoms with Crippen molar-refractivity contribution in [2.45, 2.75) is 97.4 Å². The molecule has 1 N–H and O–H groups in total. The molecule has 1 heterocycles. The van der Waals surface area contributed by atoms with Gasteiger partial charge < -0.3 is 14.6 Å². The first-order valence-electron chi connectivity index (χ1n) is 11.5. The molecule has 2 fully saturated rings. The smallest absolute Gasteiger partial charge is 0.308 e. The average molecular weight is 407 g/mol. The van der Waals surface area contributed by atoms with E-state index < -0.39 is 6.10 Å². The van der Waals surface area contributed by atoms with E-state index in [4.69, 9.17) is 9.47 Å². The molecule has 1 saturated heterocycles. The molecule has 1 aliphatic heterocycles. The summed E-state index contributed by atoms with van der Waals surface area (Å²) in [5.41, 5.74) is 1.45. The maximum atomic E-state index is 12.6. The Morgan fingerprint density at radius 3 is 2.72 bits per heavy atom. The van der Waals surface area contributed by atoms with E-state index in [-0.39, 0.29) is 42.4 Å². The minimum atomic E-state index is -0.583. The molecule has 5 nitrogen and oxygen atoms in total. The van der Waals surface area contributed by atoms with E-state index in [9.17, 15) is 14.7 Å². The van der Waals surface area contributed by atoms with Gasteiger partial charge in [-0.3, -0.25) is 9.59 Å². The zero-order chi connectivity index (χ0) is 21.1. The minimum absolute atomic E-state index is 0.0567. The minimum Gasteiger partial charge on any atom is -0.462 e. The number of carbonyl (C=O) groups excluding carboxylic acids is 2. The number of fused-ring (bicyclic) bond motifs is 1. The number of hydrogen-bond acceptors (Lipinski definition) is 5. The van der Waals surface area contributed by atoms with Crippen LogP contribution in [0.4, 0.5) is 0 Å². The predicted octanol–water partition coefficient (Wildman–Crippen LogP) is 4.42. The fourth-order valence-electron chi connectivity index (χ4n) is 5.47. The summed E-state index contributed by atoms with van der Waals surface area (Å²) >= 11 is 0. The third-order valence-corrected chi connectivity index (χ3v) is 7.33. The topological polar surface area (TPSA) is 72.8 Å². The van der Waals surface area contributed by atoms with Gasteiger partial charge in [0.15, 0.2) is 0 Å². The third kappa shape index (κ3) is 5.42. The van der Waals surface area contributed by atoms with Crippen LogP contribution in [-0.2, 0) is 19.1 Å². The summed E-state index contributed by atoms with van der Waals surface area (Å²) in [6, 6.07) is 0. The molecule has 164 valence electrons. The molecule has 0 aromatic carbocycles. The summed E-state index contributed by atoms with van der Waals surface area (Å²) in [4.78, 5) is 24.2. The Morgan fingerprint density at radius 2 is 2.03 bits per heavy atom. The number of hydrogen-bond donors (Lipinski definition) is 1. The maximum absolute atomic E-state index is 12.6. The van der Waals surface area contributed by atoms with Gasteiger partial charge in [-0.25, -0.2) is 0 Å². The second-order valence-electron chi connectivity index (χ2n) is 9.79. The van der Waals surface area contributed by atoms with Crippen LogP contribution in [0.2, 0.25) is 0 Å². The van der Waals surface area contributed by atoms with Gasteiger partial charge in [0, 0.05) is 12.3 Å². The number of esters is 2. The van der Waals surface area contributed by atoms with E-state index >= 15 is 0 Å². The lowest BCUT2D eigenvalue weighted by Crippen LogP contribution is -2.43. The Bertz CT molecular complexity index is 627. The van der Waals surface area contributed by atoms with Crippen molar-refractivity contribution in [2.24, 2.45) is 29.6 Å². The molecule has 0 radical (unpaired) electrons. The standard InChI is InChI=1S/C24H38O5/c1-5-15(3)24(27)29-21-11-14(2)10-17-7-6-16(4)20(23(17)21)9-8-19-12-18(25)13-22(26)28-19/h7,14-16,18-21,23,25H,5-6,8-13H2,1-4H3/t14-,15?,16-,18-,19-,20?,21+,23?/m0/s1. The van der Waals surface area contributed by atoms with Crippen LogP contribution in [0.3, 0.4) is 0 Å². The van der Waals surface area contributed by atoms with Gasteiger partial charge in [-0.15, -0.1) is 0 Å². The molecular formula is C24H38O5. The lowest BCUT2D eigenvalue weighted by atomic mass is 9.62. The van der Waals surface area contributed by atoms with Gasteiger partial charge in [0.25, 0.3) is 0 Å². The predicted molar refractivity (Wildman–Crippen MR) is 111 cm³/mol. The number of cyclic esters (lactones) is 1. The van der Waals surface area contributed by atoms with Crippen molar-refractivity contribution in [3.63, 3.8) is 0 Å². The van der Waals surface area contributed by atoms with Gasteiger partial charge in [-0.1, -0.05) is 39.3 Å². The van der Waals surface area contributed by atoms with Gasteiger partial charge in [0.2, 0.25) is 0 Å². The van der Waals surface area contributed by atoms with Crippen molar-refractivity contribution in [1.29, 1.82) is 0 Å². The van der Waals surface area contributed by atoms with Gasteiger partial charge in [0.1, 0.15) is 12.2 Å². The summed E-state index contributed by atoms with van der Waals surface area (Å²) in [5, 5.41) is 9.90. The molecular weight excluding hydrogens is 368 g/mol. The van der Waals surface area contributed by atoms with Crippen LogP contribution < -0.4 is 0 Å². The van der Waals surface area contributed by atoms with Crippen molar-refractivity contribution in [3.05, 3.63) is 11.6 Å². The zero-order valence-electron chi connectivity index (χ0n) is 18.4. The van der Waals surface area contributed by atoms with E-state index in [2.05, 4.69) is 19.9 Å². The Kier molecular flexibility index (Phi) is 7.42. The third-order valence-electron chi connectivity index (χ3n) is 7.33. The van der Waals surface area contributed by atoms with Crippen molar-refractivity contribution < 1.29 is 24.2 Å². The van der Waals surface area contributed by atoms with Crippen molar-refractivity contribution >= 4 is 11.9 Å². The van der Waals surface area contributed by atoms with Crippen LogP contribution in [0.15, 0.2) is 11.6 Å². The molecule has 5 heteroatoms. The molecule has 0 spiro atoms. The van der Waals surface area contributed by atoms with Crippen LogP contribution >= 0.6 is 0 Å². The summed E-state index contributed by atoms with van der Waals surface area (Å²) in [6.07, 6.45) is 7.74. The number of carbonyl (C=O) groups is 2. The van der Waals surface area contributed by atoms with Crippen molar-refractivity contribution in [1.82, 2.24) is 0 Å². The molecule has 3 aliphatic rings. The highest BCUT2D eigenvalue weighted by atomic mass is 16.5. The monoisotopic (exact) mass is 406 g/mol. The maximum Gasteiger partial charge on any atom is 0.308 e. The second-order valence-corrected chi connectivity index (χ2v) is 9.79. The molecule has 1 saturated carbocycles. The molecule has 0 bridgehead atoms. The van der Waals surface area contributed by atoms with E-state index in [1.807, 2.05) is 13.8 Å². The summed E-state index contributed by atoms with van der Waals surface area (Å²) in [6.45, 7) is 8.49. The zero-order valence-corrected chi connectivity index (χ0v) is 18.4. The van der Waals surface area contributed by atoms with E-state index in [0.717, 1.165) is 38.5 Å². The summed E-state index contributed by atoms with van der Waals surface area (Å²) in [5.74, 6) is 1.27. The van der Waals surface area contributed by atoms with Crippen LogP contribution in [0.1, 0.15) is 79.1 Å². The second kappa shape index (κ2) is 9.63. The normalized spacial score (nSPS) is 38.4. The number of rotatable bonds is 6. The first-order chi connectivity index (χ1) is 13.8. The van der Waals surface area contributed by atoms with Crippen LogP contribution in [0, 0.1) is 29.6 Å². The van der Waals surface area contributed by atoms with Crippen LogP contribution in [0.25, 0.3) is 0 Å². The first kappa shape index (κ1) is 22.3. The molecule has 0 aromatic heterocycles. The Balaban J connectivity index is 1.72. The Labute approximate surface area is 175 Å². The summed E-state index contributed by atoms with van der Waals surface area (Å²) in [7, 11) is 0. The fourth-order valence-corrected chi connectivity index (χ4v) is 5.47. The summed E-state index contributed by atoms with van der Waals surface area (Å²) < 4.78 is 11.6. The fraction of sp³-hybridized carbons (Fsp3) is 0.833. The Morgan fingerprint density at radius 1 is 1.28 bits per heavy atom. The van der Waals surface area contributed by atoms with E-state index in [0.29, 0.717) is 24.2 Å². The molecule has 2 aliphatic carbocycles. The lowest BCUT2D eigenvalue weighted by Gasteiger charge is -2.46. The molecule has 8 atom stereocenters. The highest BCUT2D eigenvalue weighted by Gasteiger charge is 2.43. The molecule has 29 heavy (non-hydrogen) atoms. The molecule has 0 aromatic rings. The molecule has 3 unspecified atom stereocenters. The molecule has 0 amide bonds. The van der Waals surface area contributed by atoms with Gasteiger partial charge in [-0.05, 0) is 56.3 Å². The Hall–Kier alpha value is -1.36. The number of aliphatic hydroxyl groups is 1. The quantitative estimate of drug-likeness (QED) is 0.522. The van der Waals surface area contributed by atoms with Crippen molar-refractivity contribution in [2.75, 3.05) is 0 Å². The largest absolute Gasteiger partial charge is 0.462 e. The first-order valence-corrected chi connectivity index (χ1v) is 11.5. The van der Waals surface area contributed by atoms with Gasteiger partial charge in [-0.2, -0.15) is 0 Å². The van der Waals surface area contributed by atoms with Crippen molar-refractivity contribution in [3.8, 4) is 0 Å². The van der Waals surface area contributed by atoms with Gasteiger partial charge in [0.05, 0.1) is 18.4 Å². The van der Waals surface area contributed by atoms with Crippen LogP contribution in [0.5, 0.6) is 0 Å². The highest BCUT2D eigenvalue weighted by Crippen LogP contribution is 2.48. The van der Waals surface area contributed by atoms with Crippen LogP contribution in [-0.4, -0.2) is 35.4 Å². The number of ether oxygens (including phenoxy) is 2. The van der Waals surface area contributed by atoms with E-state index in [1.165, 1.54) is 5.57 Å². The lowest BCUT2D eigenvalue weighted by molar-refractivity contribution is -0.163. The molecule has 3 rings (SSSR count). The highest BCUT2D eigenvalue weighted by molar-refractivity contribution is 5.72. The average Bonchev–Trinajstić information content (AvgIpc) is 2.65. The SMILES string of the molecule is CCC(C)C(=O)O[C@@H]1C[C@@H](C)CC2=CC[C@H](C)C(CC[C@H]3C[C@H](O)CC(=O)O3)C21. The van der Waals surface area contributed by atoms with Gasteiger partial charge >= 0.3 is 11.9 Å². The number of allylic oxidation sites excluding steroid dienone is 1. The number of aliphatic hydroxyl groups excluding tert-OH is 1.